The second kappa shape index (κ2) is 22.4. The van der Waals surface area contributed by atoms with Gasteiger partial charge in [0.1, 0.15) is 5.82 Å². The highest BCUT2D eigenvalue weighted by molar-refractivity contribution is 6.31. The summed E-state index contributed by atoms with van der Waals surface area (Å²) in [5.41, 5.74) is 1.81. The first-order valence-electron chi connectivity index (χ1n) is 14.3. The first kappa shape index (κ1) is 38.8. The lowest BCUT2D eigenvalue weighted by Gasteiger charge is -2.21. The van der Waals surface area contributed by atoms with Gasteiger partial charge in [0.15, 0.2) is 0 Å². The van der Waals surface area contributed by atoms with Crippen LogP contribution in [0.5, 0.6) is 0 Å². The summed E-state index contributed by atoms with van der Waals surface area (Å²) in [6.07, 6.45) is 15.0. The topological polar surface area (TPSA) is 90.5 Å². The molecule has 2 aliphatic rings. The first-order chi connectivity index (χ1) is 19.4. The zero-order valence-corrected chi connectivity index (χ0v) is 26.8. The molecule has 6 nitrogen and oxygen atoms in total. The lowest BCUT2D eigenvalue weighted by molar-refractivity contribution is -0.109. The van der Waals surface area contributed by atoms with Gasteiger partial charge in [-0.3, -0.25) is 9.59 Å². The Morgan fingerprint density at radius 2 is 1.80 bits per heavy atom. The molecule has 0 bridgehead atoms. The van der Waals surface area contributed by atoms with Crippen LogP contribution in [0, 0.1) is 17.2 Å². The van der Waals surface area contributed by atoms with Gasteiger partial charge in [0.2, 0.25) is 12.8 Å². The quantitative estimate of drug-likeness (QED) is 0.123. The first-order valence-corrected chi connectivity index (χ1v) is 15.0. The van der Waals surface area contributed by atoms with E-state index in [1.807, 2.05) is 19.1 Å². The third-order valence-electron chi connectivity index (χ3n) is 5.87. The third-order valence-corrected chi connectivity index (χ3v) is 6.44. The van der Waals surface area contributed by atoms with Crippen molar-refractivity contribution in [2.45, 2.75) is 85.2 Å². The van der Waals surface area contributed by atoms with Gasteiger partial charge in [-0.05, 0) is 67.3 Å². The molecule has 232 valence electrons. The molecule has 3 rings (SSSR count). The Bertz CT molecular complexity index is 952. The molecule has 1 aromatic carbocycles. The van der Waals surface area contributed by atoms with E-state index in [0.29, 0.717) is 29.0 Å². The summed E-state index contributed by atoms with van der Waals surface area (Å²) in [6.45, 7) is 16.7. The number of carbonyl (C=O) groups is 2. The smallest absolute Gasteiger partial charge is 0.211 e. The predicted molar refractivity (Wildman–Crippen MR) is 172 cm³/mol. The molecule has 1 heterocycles. The van der Waals surface area contributed by atoms with E-state index in [1.165, 1.54) is 25.0 Å². The number of hydrogen-bond donors (Lipinski definition) is 4. The summed E-state index contributed by atoms with van der Waals surface area (Å²) in [6, 6.07) is 2.87. The van der Waals surface area contributed by atoms with Gasteiger partial charge in [0.05, 0.1) is 11.1 Å². The molecule has 0 unspecified atom stereocenters. The van der Waals surface area contributed by atoms with Gasteiger partial charge in [-0.15, -0.1) is 0 Å². The van der Waals surface area contributed by atoms with Crippen molar-refractivity contribution in [2.75, 3.05) is 25.0 Å². The van der Waals surface area contributed by atoms with E-state index in [9.17, 15) is 14.0 Å². The highest BCUT2D eigenvalue weighted by Gasteiger charge is 2.30. The second-order valence-electron chi connectivity index (χ2n) is 11.6. The zero-order valence-electron chi connectivity index (χ0n) is 25.3. The fraction of sp³-hybridized carbons (Fsp3) is 0.562. The number of carbonyl (C=O) groups excluding carboxylic acids is 2. The van der Waals surface area contributed by atoms with E-state index in [4.69, 9.17) is 28.3 Å². The molecule has 1 aliphatic heterocycles. The monoisotopic (exact) mass is 613 g/mol. The summed E-state index contributed by atoms with van der Waals surface area (Å²) in [5.74, 6) is -0.113. The number of aliphatic hydroxyl groups is 1. The van der Waals surface area contributed by atoms with E-state index < -0.39 is 5.82 Å². The molecule has 41 heavy (non-hydrogen) atoms. The zero-order chi connectivity index (χ0) is 31.3. The van der Waals surface area contributed by atoms with Gasteiger partial charge in [-0.2, -0.15) is 0 Å². The normalized spacial score (nSPS) is 18.7. The van der Waals surface area contributed by atoms with E-state index in [1.54, 1.807) is 12.2 Å². The summed E-state index contributed by atoms with van der Waals surface area (Å²) in [7, 11) is 0. The number of hydrogen-bond acceptors (Lipinski definition) is 4. The summed E-state index contributed by atoms with van der Waals surface area (Å²) >= 11 is 11.7. The van der Waals surface area contributed by atoms with Crippen LogP contribution in [0.4, 0.5) is 10.1 Å². The maximum absolute atomic E-state index is 13.9. The second-order valence-corrected chi connectivity index (χ2v) is 12.4. The average molecular weight is 615 g/mol. The largest absolute Gasteiger partial charge is 0.393 e. The van der Waals surface area contributed by atoms with Gasteiger partial charge < -0.3 is 21.1 Å². The van der Waals surface area contributed by atoms with Crippen LogP contribution in [0.3, 0.4) is 0 Å². The number of benzene rings is 1. The van der Waals surface area contributed by atoms with Crippen molar-refractivity contribution in [1.29, 1.82) is 0 Å². The summed E-state index contributed by atoms with van der Waals surface area (Å²) < 4.78 is 13.9. The molecule has 1 saturated carbocycles. The molecular weight excluding hydrogens is 564 g/mol. The van der Waals surface area contributed by atoms with Gasteiger partial charge in [-0.1, -0.05) is 95.5 Å². The minimum absolute atomic E-state index is 0.00490. The van der Waals surface area contributed by atoms with Crippen LogP contribution in [0.2, 0.25) is 5.02 Å². The number of nitrogens with one attached hydrogen (secondary N) is 3. The number of aliphatic hydroxyl groups excluding tert-OH is 1. The van der Waals surface area contributed by atoms with E-state index in [0.717, 1.165) is 50.9 Å². The molecule has 0 spiro atoms. The van der Waals surface area contributed by atoms with Gasteiger partial charge in [0.25, 0.3) is 0 Å². The van der Waals surface area contributed by atoms with Crippen molar-refractivity contribution in [1.82, 2.24) is 10.6 Å². The molecule has 9 heteroatoms. The van der Waals surface area contributed by atoms with E-state index in [-0.39, 0.29) is 23.0 Å². The van der Waals surface area contributed by atoms with Crippen molar-refractivity contribution in [2.24, 2.45) is 11.3 Å². The van der Waals surface area contributed by atoms with Crippen LogP contribution >= 0.6 is 23.2 Å². The van der Waals surface area contributed by atoms with Crippen molar-refractivity contribution >= 4 is 41.7 Å². The lowest BCUT2D eigenvalue weighted by Crippen LogP contribution is -2.13. The maximum Gasteiger partial charge on any atom is 0.211 e. The van der Waals surface area contributed by atoms with Crippen molar-refractivity contribution < 1.29 is 19.1 Å². The molecule has 4 N–H and O–H groups in total. The van der Waals surface area contributed by atoms with Crippen LogP contribution < -0.4 is 16.0 Å². The highest BCUT2D eigenvalue weighted by Crippen LogP contribution is 2.37. The van der Waals surface area contributed by atoms with Crippen LogP contribution in [-0.4, -0.2) is 43.7 Å². The van der Waals surface area contributed by atoms with Gasteiger partial charge >= 0.3 is 0 Å². The number of anilines is 1. The predicted octanol–water partition coefficient (Wildman–Crippen LogP) is 7.72. The maximum atomic E-state index is 13.9. The summed E-state index contributed by atoms with van der Waals surface area (Å²) in [4.78, 5) is 20.3. The Kier molecular flexibility index (Phi) is 21.2. The Morgan fingerprint density at radius 3 is 2.27 bits per heavy atom. The molecule has 1 aliphatic carbocycles. The molecule has 0 aromatic heterocycles. The molecule has 2 amide bonds. The SMILES string of the molecule is C=C/C(Cl)=C\C=C/C[C@H]1CNC[C@H]1c1cc(F)c(Cl)cc1NC=O.CC(C)(C)C.CCCNC=O.OC1CCCC1. The van der Waals surface area contributed by atoms with Crippen LogP contribution in [-0.2, 0) is 9.59 Å². The molecule has 1 saturated heterocycles. The van der Waals surface area contributed by atoms with Crippen molar-refractivity contribution in [3.63, 3.8) is 0 Å². The fourth-order valence-corrected chi connectivity index (χ4v) is 4.23. The number of halogens is 3. The van der Waals surface area contributed by atoms with Crippen LogP contribution in [0.1, 0.15) is 84.6 Å². The van der Waals surface area contributed by atoms with E-state index >= 15 is 0 Å². The van der Waals surface area contributed by atoms with Crippen LogP contribution in [0.15, 0.2) is 48.0 Å². The molecular formula is C32H50Cl2FN3O3. The number of amides is 2. The molecule has 1 aromatic rings. The minimum Gasteiger partial charge on any atom is -0.393 e. The van der Waals surface area contributed by atoms with Crippen LogP contribution in [0.25, 0.3) is 0 Å². The Balaban J connectivity index is 0.000000758. The fourth-order valence-electron chi connectivity index (χ4n) is 3.99. The molecule has 2 fully saturated rings. The molecule has 0 radical (unpaired) electrons. The Hall–Kier alpha value is -2.19. The van der Waals surface area contributed by atoms with E-state index in [2.05, 4.69) is 50.2 Å². The van der Waals surface area contributed by atoms with Crippen molar-refractivity contribution in [3.8, 4) is 0 Å². The summed E-state index contributed by atoms with van der Waals surface area (Å²) in [5, 5.41) is 17.8. The van der Waals surface area contributed by atoms with Crippen molar-refractivity contribution in [3.05, 3.63) is 64.5 Å². The lowest BCUT2D eigenvalue weighted by atomic mass is 9.85. The number of rotatable bonds is 10. The number of allylic oxidation sites excluding steroid dienone is 5. The Labute approximate surface area is 256 Å². The third kappa shape index (κ3) is 19.5. The van der Waals surface area contributed by atoms with Gasteiger partial charge in [0, 0.05) is 29.7 Å². The molecule has 2 atom stereocenters. The highest BCUT2D eigenvalue weighted by atomic mass is 35.5. The average Bonchev–Trinajstić information content (AvgIpc) is 3.58. The standard InChI is InChI=1S/C18H19Cl2FN2O.C5H10O.C5H12.C4H9NO/c1-2-13(19)6-4-3-5-12-9-22-10-15(12)14-7-17(21)16(20)8-18(14)23-11-24;6-5-3-1-2-4-5;1-5(2,3)4;1-2-3-5-4-6/h2-4,6-8,11-12,15,22H,1,5,9-10H2,(H,23,24);5-6H,1-4H2;1-4H3;4H,2-3H2,1H3,(H,5,6)/b4-3-,13-6+;;;/t12-,15+;;;/m0.../s1. The minimum atomic E-state index is -0.481. The van der Waals surface area contributed by atoms with Gasteiger partial charge in [-0.25, -0.2) is 4.39 Å². The Morgan fingerprint density at radius 1 is 1.17 bits per heavy atom.